The molecule has 0 fully saturated rings. The predicted molar refractivity (Wildman–Crippen MR) is 225 cm³/mol. The summed E-state index contributed by atoms with van der Waals surface area (Å²) in [6.45, 7) is 6.66. The van der Waals surface area contributed by atoms with Crippen molar-refractivity contribution in [3.8, 4) is 51.1 Å². The average Bonchev–Trinajstić information content (AvgIpc) is 3.76. The van der Waals surface area contributed by atoms with Crippen molar-refractivity contribution in [1.82, 2.24) is 24.5 Å². The van der Waals surface area contributed by atoms with Crippen LogP contribution in [0.1, 0.15) is 26.3 Å². The summed E-state index contributed by atoms with van der Waals surface area (Å²) >= 11 is 1.85. The molecule has 0 aliphatic carbocycles. The number of benzene rings is 6. The van der Waals surface area contributed by atoms with Gasteiger partial charge in [0.1, 0.15) is 5.69 Å². The highest BCUT2D eigenvalue weighted by atomic mass is 32.1. The van der Waals surface area contributed by atoms with Gasteiger partial charge in [0.15, 0.2) is 17.5 Å². The van der Waals surface area contributed by atoms with Gasteiger partial charge in [-0.05, 0) is 58.5 Å². The van der Waals surface area contributed by atoms with Crippen LogP contribution in [-0.2, 0) is 5.41 Å². The van der Waals surface area contributed by atoms with Gasteiger partial charge in [-0.15, -0.1) is 11.3 Å². The number of fused-ring (bicyclic) bond motifs is 6. The minimum Gasteiger partial charge on any atom is -0.309 e. The first kappa shape index (κ1) is 32.2. The van der Waals surface area contributed by atoms with E-state index in [-0.39, 0.29) is 5.41 Å². The lowest BCUT2D eigenvalue weighted by atomic mass is 9.87. The zero-order valence-corrected chi connectivity index (χ0v) is 31.0. The van der Waals surface area contributed by atoms with Crippen LogP contribution in [0.5, 0.6) is 0 Å². The van der Waals surface area contributed by atoms with Gasteiger partial charge in [0, 0.05) is 54.0 Å². The second kappa shape index (κ2) is 12.6. The van der Waals surface area contributed by atoms with Gasteiger partial charge < -0.3 is 4.57 Å². The van der Waals surface area contributed by atoms with Crippen LogP contribution in [0.2, 0.25) is 0 Å². The van der Waals surface area contributed by atoms with Crippen molar-refractivity contribution in [3.05, 3.63) is 163 Å². The molecule has 10 rings (SSSR count). The molecule has 0 unspecified atom stereocenters. The van der Waals surface area contributed by atoms with Crippen molar-refractivity contribution in [2.24, 2.45) is 0 Å². The number of para-hydroxylation sites is 1. The van der Waals surface area contributed by atoms with Gasteiger partial charge in [0.25, 0.3) is 0 Å². The van der Waals surface area contributed by atoms with Gasteiger partial charge in [0.05, 0.1) is 11.0 Å². The van der Waals surface area contributed by atoms with Crippen molar-refractivity contribution in [1.29, 1.82) is 0 Å². The summed E-state index contributed by atoms with van der Waals surface area (Å²) < 4.78 is 4.94. The van der Waals surface area contributed by atoms with Gasteiger partial charge in [-0.3, -0.25) is 4.98 Å². The van der Waals surface area contributed by atoms with Gasteiger partial charge >= 0.3 is 0 Å². The Labute approximate surface area is 317 Å². The zero-order chi connectivity index (χ0) is 36.4. The van der Waals surface area contributed by atoms with Crippen LogP contribution in [0.15, 0.2) is 158 Å². The van der Waals surface area contributed by atoms with Crippen LogP contribution in [0.25, 0.3) is 93.1 Å². The molecular weight excluding hydrogens is 679 g/mol. The summed E-state index contributed by atoms with van der Waals surface area (Å²) in [4.78, 5) is 19.9. The molecular formula is C48H35N5S. The Morgan fingerprint density at radius 2 is 1.15 bits per heavy atom. The summed E-state index contributed by atoms with van der Waals surface area (Å²) in [5.41, 5.74) is 9.49. The lowest BCUT2D eigenvalue weighted by Crippen LogP contribution is -2.10. The van der Waals surface area contributed by atoms with E-state index in [1.54, 1.807) is 0 Å². The summed E-state index contributed by atoms with van der Waals surface area (Å²) in [7, 11) is 0. The third-order valence-corrected chi connectivity index (χ3v) is 11.4. The van der Waals surface area contributed by atoms with Crippen LogP contribution >= 0.6 is 11.3 Å². The molecule has 0 aliphatic rings. The third kappa shape index (κ3) is 5.46. The number of pyridine rings is 1. The van der Waals surface area contributed by atoms with Gasteiger partial charge in [-0.1, -0.05) is 136 Å². The summed E-state index contributed by atoms with van der Waals surface area (Å²) in [5.74, 6) is 1.75. The SMILES string of the molecule is CC(C)(C)c1ccc(-c2nc(-c3ccccc3)nc(-c3cc(-n4c5ccccc5c5ccc(-c6cccc7sc8ccccc8c67)cc54)ccn3)n2)cc1. The lowest BCUT2D eigenvalue weighted by molar-refractivity contribution is 0.590. The molecule has 258 valence electrons. The molecule has 0 N–H and O–H groups in total. The Kier molecular flexibility index (Phi) is 7.49. The molecule has 4 aromatic heterocycles. The summed E-state index contributed by atoms with van der Waals surface area (Å²) in [6, 6.07) is 53.6. The number of rotatable bonds is 5. The molecule has 5 nitrogen and oxygen atoms in total. The molecule has 0 radical (unpaired) electrons. The smallest absolute Gasteiger partial charge is 0.182 e. The van der Waals surface area contributed by atoms with E-state index in [1.807, 2.05) is 47.9 Å². The molecule has 6 aromatic carbocycles. The van der Waals surface area contributed by atoms with Crippen molar-refractivity contribution in [2.75, 3.05) is 0 Å². The van der Waals surface area contributed by atoms with E-state index in [9.17, 15) is 0 Å². The first-order valence-electron chi connectivity index (χ1n) is 18.2. The van der Waals surface area contributed by atoms with Gasteiger partial charge in [-0.25, -0.2) is 15.0 Å². The van der Waals surface area contributed by atoms with Crippen LogP contribution in [-0.4, -0.2) is 24.5 Å². The van der Waals surface area contributed by atoms with E-state index in [4.69, 9.17) is 19.9 Å². The first-order chi connectivity index (χ1) is 26.4. The highest BCUT2D eigenvalue weighted by molar-refractivity contribution is 7.25. The molecule has 10 aromatic rings. The lowest BCUT2D eigenvalue weighted by Gasteiger charge is -2.19. The molecule has 0 amide bonds. The summed E-state index contributed by atoms with van der Waals surface area (Å²) in [6.07, 6.45) is 1.86. The van der Waals surface area contributed by atoms with Crippen molar-refractivity contribution < 1.29 is 0 Å². The number of aromatic nitrogens is 5. The van der Waals surface area contributed by atoms with Gasteiger partial charge in [-0.2, -0.15) is 0 Å². The predicted octanol–water partition coefficient (Wildman–Crippen LogP) is 12.7. The van der Waals surface area contributed by atoms with Crippen molar-refractivity contribution in [2.45, 2.75) is 26.2 Å². The quantitative estimate of drug-likeness (QED) is 0.178. The fourth-order valence-corrected chi connectivity index (χ4v) is 8.70. The molecule has 4 heterocycles. The molecule has 0 saturated heterocycles. The summed E-state index contributed by atoms with van der Waals surface area (Å²) in [5, 5.41) is 5.00. The normalized spacial score (nSPS) is 12.0. The van der Waals surface area contributed by atoms with Gasteiger partial charge in [0.2, 0.25) is 0 Å². The largest absolute Gasteiger partial charge is 0.309 e. The Hall–Kier alpha value is -6.50. The average molecular weight is 714 g/mol. The Morgan fingerprint density at radius 1 is 0.500 bits per heavy atom. The third-order valence-electron chi connectivity index (χ3n) is 10.3. The topological polar surface area (TPSA) is 56.5 Å². The monoisotopic (exact) mass is 713 g/mol. The molecule has 6 heteroatoms. The number of hydrogen-bond acceptors (Lipinski definition) is 5. The van der Waals surface area contributed by atoms with E-state index < -0.39 is 0 Å². The zero-order valence-electron chi connectivity index (χ0n) is 30.2. The first-order valence-corrected chi connectivity index (χ1v) is 19.0. The van der Waals surface area contributed by atoms with E-state index >= 15 is 0 Å². The van der Waals surface area contributed by atoms with E-state index in [0.29, 0.717) is 23.2 Å². The second-order valence-electron chi connectivity index (χ2n) is 14.8. The number of thiophene rings is 1. The highest BCUT2D eigenvalue weighted by Gasteiger charge is 2.19. The maximum absolute atomic E-state index is 5.05. The number of hydrogen-bond donors (Lipinski definition) is 0. The standard InChI is InChI=1S/C48H35N5S/c1-48(2,3)33-23-20-31(21-24-33)46-50-45(30-12-5-4-6-13-30)51-47(52-46)39-29-34(26-27-49-39)53-40-17-9-7-14-36(40)37-25-22-32(28-41(37)53)35-16-11-19-43-44(35)38-15-8-10-18-42(38)54-43/h4-29H,1-3H3. The van der Waals surface area contributed by atoms with Crippen molar-refractivity contribution in [3.63, 3.8) is 0 Å². The molecule has 0 bridgehead atoms. The van der Waals surface area contributed by atoms with E-state index in [0.717, 1.165) is 27.8 Å². The molecule has 0 aliphatic heterocycles. The van der Waals surface area contributed by atoms with E-state index in [1.165, 1.54) is 47.6 Å². The minimum absolute atomic E-state index is 0.0432. The molecule has 0 atom stereocenters. The molecule has 54 heavy (non-hydrogen) atoms. The van der Waals surface area contributed by atoms with Crippen LogP contribution in [0.4, 0.5) is 0 Å². The second-order valence-corrected chi connectivity index (χ2v) is 15.8. The van der Waals surface area contributed by atoms with E-state index in [2.05, 4.69) is 147 Å². The molecule has 0 saturated carbocycles. The maximum Gasteiger partial charge on any atom is 0.182 e. The van der Waals surface area contributed by atoms with Crippen LogP contribution in [0.3, 0.4) is 0 Å². The minimum atomic E-state index is 0.0432. The fraction of sp³-hybridized carbons (Fsp3) is 0.0833. The van der Waals surface area contributed by atoms with Crippen LogP contribution < -0.4 is 0 Å². The van der Waals surface area contributed by atoms with Crippen molar-refractivity contribution >= 4 is 53.3 Å². The number of nitrogens with zero attached hydrogens (tertiary/aromatic N) is 5. The Bertz CT molecular complexity index is 3020. The van der Waals surface area contributed by atoms with Crippen LogP contribution in [0, 0.1) is 0 Å². The Morgan fingerprint density at radius 3 is 1.94 bits per heavy atom. The highest BCUT2D eigenvalue weighted by Crippen LogP contribution is 2.42. The maximum atomic E-state index is 5.05. The fourth-order valence-electron chi connectivity index (χ4n) is 7.57. The molecule has 0 spiro atoms. The Balaban J connectivity index is 1.15.